The molecule has 2 aliphatic heterocycles. The fourth-order valence-electron chi connectivity index (χ4n) is 4.60. The van der Waals surface area contributed by atoms with Crippen LogP contribution in [0.2, 0.25) is 0 Å². The first-order chi connectivity index (χ1) is 13.6. The summed E-state index contributed by atoms with van der Waals surface area (Å²) in [6, 6.07) is 3.87. The molecule has 4 heterocycles. The summed E-state index contributed by atoms with van der Waals surface area (Å²) in [5.74, 6) is 0.975. The van der Waals surface area contributed by atoms with Gasteiger partial charge in [0.15, 0.2) is 0 Å². The van der Waals surface area contributed by atoms with Crippen molar-refractivity contribution in [3.8, 4) is 0 Å². The van der Waals surface area contributed by atoms with Crippen molar-refractivity contribution >= 4 is 5.91 Å². The number of rotatable bonds is 5. The molecule has 1 atom stereocenters. The second-order valence-electron chi connectivity index (χ2n) is 8.07. The third-order valence-electron chi connectivity index (χ3n) is 6.30. The van der Waals surface area contributed by atoms with Gasteiger partial charge >= 0.3 is 0 Å². The van der Waals surface area contributed by atoms with Gasteiger partial charge in [0.2, 0.25) is 5.91 Å². The van der Waals surface area contributed by atoms with Gasteiger partial charge in [-0.25, -0.2) is 0 Å². The van der Waals surface area contributed by atoms with Gasteiger partial charge in [0, 0.05) is 62.8 Å². The summed E-state index contributed by atoms with van der Waals surface area (Å²) in [6.45, 7) is 8.37. The highest BCUT2D eigenvalue weighted by Crippen LogP contribution is 2.45. The molecule has 0 bridgehead atoms. The van der Waals surface area contributed by atoms with Crippen LogP contribution in [0.1, 0.15) is 35.4 Å². The summed E-state index contributed by atoms with van der Waals surface area (Å²) in [7, 11) is 0. The van der Waals surface area contributed by atoms with E-state index in [-0.39, 0.29) is 17.2 Å². The zero-order chi connectivity index (χ0) is 19.6. The predicted molar refractivity (Wildman–Crippen MR) is 103 cm³/mol. The van der Waals surface area contributed by atoms with Crippen LogP contribution in [0.4, 0.5) is 0 Å². The van der Waals surface area contributed by atoms with Crippen LogP contribution in [0, 0.1) is 25.2 Å². The molecule has 28 heavy (non-hydrogen) atoms. The summed E-state index contributed by atoms with van der Waals surface area (Å²) < 4.78 is 10.9. The zero-order valence-electron chi connectivity index (χ0n) is 16.6. The number of nitrogens with zero attached hydrogens (tertiary/aromatic N) is 3. The highest BCUT2D eigenvalue weighted by atomic mass is 16.5. The quantitative estimate of drug-likeness (QED) is 0.852. The standard InChI is InChI=1S/C21H28N4O3/c1-15-18(16(2)28-24-15)12-25-13-19(21(14-25)5-9-27-10-6-21)20(26)23-11-17-3-7-22-8-4-17/h3-4,7-8,19H,5-6,9-14H2,1-2H3,(H,23,26). The van der Waals surface area contributed by atoms with Gasteiger partial charge in [-0.05, 0) is 44.4 Å². The second kappa shape index (κ2) is 8.01. The lowest BCUT2D eigenvalue weighted by Crippen LogP contribution is -2.44. The lowest BCUT2D eigenvalue weighted by Gasteiger charge is -2.37. The second-order valence-corrected chi connectivity index (χ2v) is 8.07. The molecule has 0 aliphatic carbocycles. The fourth-order valence-corrected chi connectivity index (χ4v) is 4.60. The van der Waals surface area contributed by atoms with Gasteiger partial charge in [-0.3, -0.25) is 14.7 Å². The lowest BCUT2D eigenvalue weighted by molar-refractivity contribution is -0.130. The largest absolute Gasteiger partial charge is 0.381 e. The van der Waals surface area contributed by atoms with Crippen molar-refractivity contribution in [1.82, 2.24) is 20.4 Å². The third kappa shape index (κ3) is 3.82. The number of likely N-dealkylation sites (tertiary alicyclic amines) is 1. The van der Waals surface area contributed by atoms with Crippen LogP contribution in [0.25, 0.3) is 0 Å². The highest BCUT2D eigenvalue weighted by Gasteiger charge is 2.50. The first-order valence-electron chi connectivity index (χ1n) is 9.96. The molecule has 1 amide bonds. The van der Waals surface area contributed by atoms with Crippen LogP contribution in [-0.2, 0) is 22.6 Å². The average molecular weight is 384 g/mol. The monoisotopic (exact) mass is 384 g/mol. The normalized spacial score (nSPS) is 21.9. The van der Waals surface area contributed by atoms with Crippen LogP contribution in [0.3, 0.4) is 0 Å². The molecule has 1 N–H and O–H groups in total. The zero-order valence-corrected chi connectivity index (χ0v) is 16.6. The Morgan fingerprint density at radius 1 is 1.29 bits per heavy atom. The lowest BCUT2D eigenvalue weighted by atomic mass is 9.71. The Balaban J connectivity index is 1.48. The summed E-state index contributed by atoms with van der Waals surface area (Å²) in [5, 5.41) is 7.22. The topological polar surface area (TPSA) is 80.5 Å². The molecule has 2 aliphatic rings. The first kappa shape index (κ1) is 19.1. The highest BCUT2D eigenvalue weighted by molar-refractivity contribution is 5.80. The summed E-state index contributed by atoms with van der Waals surface area (Å²) in [5.41, 5.74) is 3.12. The van der Waals surface area contributed by atoms with Crippen molar-refractivity contribution in [2.75, 3.05) is 26.3 Å². The summed E-state index contributed by atoms with van der Waals surface area (Å²) >= 11 is 0. The van der Waals surface area contributed by atoms with Crippen LogP contribution >= 0.6 is 0 Å². The number of hydrogen-bond acceptors (Lipinski definition) is 6. The molecule has 2 fully saturated rings. The number of carbonyl (C=O) groups excluding carboxylic acids is 1. The van der Waals surface area contributed by atoms with E-state index in [9.17, 15) is 4.79 Å². The minimum atomic E-state index is -0.0290. The Bertz CT molecular complexity index is 795. The van der Waals surface area contributed by atoms with E-state index < -0.39 is 0 Å². The number of aryl methyl sites for hydroxylation is 2. The van der Waals surface area contributed by atoms with Crippen molar-refractivity contribution in [3.05, 3.63) is 47.1 Å². The maximum atomic E-state index is 13.1. The van der Waals surface area contributed by atoms with Gasteiger partial charge < -0.3 is 14.6 Å². The Kier molecular flexibility index (Phi) is 5.46. The minimum absolute atomic E-state index is 0.0143. The average Bonchev–Trinajstić information content (AvgIpc) is 3.22. The van der Waals surface area contributed by atoms with Crippen molar-refractivity contribution in [2.24, 2.45) is 11.3 Å². The molecule has 4 rings (SSSR count). The third-order valence-corrected chi connectivity index (χ3v) is 6.30. The molecule has 1 unspecified atom stereocenters. The molecule has 0 saturated carbocycles. The molecular formula is C21H28N4O3. The molecule has 2 aromatic heterocycles. The molecule has 1 spiro atoms. The van der Waals surface area contributed by atoms with E-state index in [2.05, 4.69) is 20.4 Å². The van der Waals surface area contributed by atoms with E-state index in [1.807, 2.05) is 26.0 Å². The number of aromatic nitrogens is 2. The van der Waals surface area contributed by atoms with Crippen LogP contribution in [0.15, 0.2) is 29.0 Å². The van der Waals surface area contributed by atoms with E-state index in [1.165, 1.54) is 0 Å². The van der Waals surface area contributed by atoms with Crippen molar-refractivity contribution in [1.29, 1.82) is 0 Å². The van der Waals surface area contributed by atoms with Crippen LogP contribution in [-0.4, -0.2) is 47.3 Å². The Labute approximate surface area is 165 Å². The van der Waals surface area contributed by atoms with Crippen molar-refractivity contribution in [3.63, 3.8) is 0 Å². The number of nitrogens with one attached hydrogen (secondary N) is 1. The molecule has 7 heteroatoms. The molecule has 0 radical (unpaired) electrons. The summed E-state index contributed by atoms with van der Waals surface area (Å²) in [6.07, 6.45) is 5.36. The molecule has 2 aromatic rings. The Morgan fingerprint density at radius 2 is 2.04 bits per heavy atom. The molecule has 0 aromatic carbocycles. The van der Waals surface area contributed by atoms with E-state index >= 15 is 0 Å². The minimum Gasteiger partial charge on any atom is -0.381 e. The van der Waals surface area contributed by atoms with Crippen molar-refractivity contribution < 1.29 is 14.1 Å². The number of carbonyl (C=O) groups is 1. The summed E-state index contributed by atoms with van der Waals surface area (Å²) in [4.78, 5) is 19.6. The van der Waals surface area contributed by atoms with Crippen LogP contribution in [0.5, 0.6) is 0 Å². The van der Waals surface area contributed by atoms with E-state index in [0.29, 0.717) is 6.54 Å². The molecule has 150 valence electrons. The Hall–Kier alpha value is -2.25. The van der Waals surface area contributed by atoms with Gasteiger partial charge in [0.25, 0.3) is 0 Å². The maximum absolute atomic E-state index is 13.1. The number of hydrogen-bond donors (Lipinski definition) is 1. The Morgan fingerprint density at radius 3 is 2.71 bits per heavy atom. The van der Waals surface area contributed by atoms with E-state index in [0.717, 1.165) is 68.3 Å². The van der Waals surface area contributed by atoms with E-state index in [4.69, 9.17) is 9.26 Å². The van der Waals surface area contributed by atoms with Gasteiger partial charge in [-0.15, -0.1) is 0 Å². The SMILES string of the molecule is Cc1noc(C)c1CN1CC(C(=O)NCc2ccncc2)C2(CCOCC2)C1. The van der Waals surface area contributed by atoms with Crippen molar-refractivity contribution in [2.45, 2.75) is 39.8 Å². The molecular weight excluding hydrogens is 356 g/mol. The van der Waals surface area contributed by atoms with E-state index in [1.54, 1.807) is 12.4 Å². The predicted octanol–water partition coefficient (Wildman–Crippen LogP) is 2.23. The number of amides is 1. The smallest absolute Gasteiger partial charge is 0.225 e. The molecule has 7 nitrogen and oxygen atoms in total. The van der Waals surface area contributed by atoms with Gasteiger partial charge in [0.05, 0.1) is 11.6 Å². The first-order valence-corrected chi connectivity index (χ1v) is 9.96. The maximum Gasteiger partial charge on any atom is 0.225 e. The van der Waals surface area contributed by atoms with Gasteiger partial charge in [-0.1, -0.05) is 5.16 Å². The van der Waals surface area contributed by atoms with Crippen LogP contribution < -0.4 is 5.32 Å². The number of ether oxygens (including phenoxy) is 1. The number of pyridine rings is 1. The molecule has 2 saturated heterocycles. The fraction of sp³-hybridized carbons (Fsp3) is 0.571. The van der Waals surface area contributed by atoms with Gasteiger partial charge in [0.1, 0.15) is 5.76 Å². The van der Waals surface area contributed by atoms with Gasteiger partial charge in [-0.2, -0.15) is 0 Å².